The van der Waals surface area contributed by atoms with Gasteiger partial charge >= 0.3 is 0 Å². The zero-order valence-corrected chi connectivity index (χ0v) is 18.8. The number of benzene rings is 2. The number of nitrogens with one attached hydrogen (secondary N) is 1. The van der Waals surface area contributed by atoms with E-state index in [0.717, 1.165) is 30.5 Å². The van der Waals surface area contributed by atoms with Crippen molar-refractivity contribution in [3.05, 3.63) is 98.7 Å². The minimum atomic E-state index is -0.306. The van der Waals surface area contributed by atoms with Crippen LogP contribution in [-0.4, -0.2) is 10.5 Å². The highest BCUT2D eigenvalue weighted by Gasteiger charge is 2.31. The molecule has 166 valence electrons. The van der Waals surface area contributed by atoms with Crippen LogP contribution in [0.4, 0.5) is 4.39 Å². The number of carbonyl (C=O) groups is 1. The second kappa shape index (κ2) is 9.11. The fourth-order valence-electron chi connectivity index (χ4n) is 4.78. The Bertz CT molecular complexity index is 1200. The summed E-state index contributed by atoms with van der Waals surface area (Å²) in [4.78, 5) is 26.9. The monoisotopic (exact) mass is 432 g/mol. The largest absolute Gasteiger partial charge is 0.345 e. The van der Waals surface area contributed by atoms with Gasteiger partial charge in [0.25, 0.3) is 11.5 Å². The van der Waals surface area contributed by atoms with Crippen molar-refractivity contribution >= 4 is 5.91 Å². The molecule has 4 nitrogen and oxygen atoms in total. The van der Waals surface area contributed by atoms with E-state index in [1.54, 1.807) is 10.6 Å². The molecule has 5 heteroatoms. The molecule has 1 fully saturated rings. The number of para-hydroxylation sites is 1. The van der Waals surface area contributed by atoms with E-state index in [1.165, 1.54) is 12.1 Å². The van der Waals surface area contributed by atoms with Gasteiger partial charge in [-0.1, -0.05) is 43.7 Å². The van der Waals surface area contributed by atoms with Crippen LogP contribution in [0.2, 0.25) is 0 Å². The molecule has 4 rings (SSSR count). The maximum absolute atomic E-state index is 13.9. The molecule has 1 saturated carbocycles. The van der Waals surface area contributed by atoms with Crippen molar-refractivity contribution in [2.75, 3.05) is 0 Å². The van der Waals surface area contributed by atoms with Crippen LogP contribution in [0.25, 0.3) is 5.69 Å². The van der Waals surface area contributed by atoms with Crippen LogP contribution in [0, 0.1) is 25.6 Å². The molecule has 1 amide bonds. The lowest BCUT2D eigenvalue weighted by Gasteiger charge is -2.35. The topological polar surface area (TPSA) is 51.1 Å². The molecule has 1 aliphatic rings. The van der Waals surface area contributed by atoms with Crippen molar-refractivity contribution in [2.45, 2.75) is 52.5 Å². The van der Waals surface area contributed by atoms with Gasteiger partial charge in [0.1, 0.15) is 5.82 Å². The number of carbonyl (C=O) groups excluding carboxylic acids is 1. The highest BCUT2D eigenvalue weighted by Crippen LogP contribution is 2.38. The zero-order chi connectivity index (χ0) is 22.8. The minimum Gasteiger partial charge on any atom is -0.345 e. The minimum absolute atomic E-state index is 0.0917. The number of halogens is 1. The lowest BCUT2D eigenvalue weighted by Crippen LogP contribution is -2.38. The molecule has 0 radical (unpaired) electrons. The first-order chi connectivity index (χ1) is 15.4. The Kier molecular flexibility index (Phi) is 6.26. The molecule has 2 aromatic carbocycles. The number of rotatable bonds is 6. The Morgan fingerprint density at radius 2 is 1.84 bits per heavy atom. The lowest BCUT2D eigenvalue weighted by atomic mass is 9.77. The third kappa shape index (κ3) is 3.99. The number of amides is 1. The fourth-order valence-corrected chi connectivity index (χ4v) is 4.78. The van der Waals surface area contributed by atoms with E-state index in [0.29, 0.717) is 28.8 Å². The van der Waals surface area contributed by atoms with Gasteiger partial charge in [0, 0.05) is 16.9 Å². The molecule has 1 atom stereocenters. The Morgan fingerprint density at radius 3 is 2.44 bits per heavy atom. The first-order valence-electron chi connectivity index (χ1n) is 11.3. The van der Waals surface area contributed by atoms with Crippen molar-refractivity contribution in [1.29, 1.82) is 0 Å². The van der Waals surface area contributed by atoms with Crippen molar-refractivity contribution in [3.8, 4) is 5.69 Å². The SMILES string of the molecule is CCc1c(C)c(C(=O)N[C@H](c2cccc(F)c2)C2CCC2)c(C)n(-c2ccccc2)c1=O. The Labute approximate surface area is 188 Å². The predicted molar refractivity (Wildman–Crippen MR) is 125 cm³/mol. The summed E-state index contributed by atoms with van der Waals surface area (Å²) in [5.41, 5.74) is 3.91. The molecule has 1 heterocycles. The number of hydrogen-bond donors (Lipinski definition) is 1. The molecule has 0 bridgehead atoms. The molecule has 0 saturated heterocycles. The van der Waals surface area contributed by atoms with Gasteiger partial charge in [0.05, 0.1) is 11.6 Å². The molecule has 32 heavy (non-hydrogen) atoms. The predicted octanol–water partition coefficient (Wildman–Crippen LogP) is 5.43. The molecular formula is C27H29FN2O2. The summed E-state index contributed by atoms with van der Waals surface area (Å²) < 4.78 is 15.6. The second-order valence-electron chi connectivity index (χ2n) is 8.59. The van der Waals surface area contributed by atoms with E-state index < -0.39 is 0 Å². The molecule has 0 spiro atoms. The van der Waals surface area contributed by atoms with Gasteiger partial charge in [-0.05, 0) is 74.4 Å². The van der Waals surface area contributed by atoms with Gasteiger partial charge in [-0.25, -0.2) is 4.39 Å². The van der Waals surface area contributed by atoms with Gasteiger partial charge in [0.15, 0.2) is 0 Å². The van der Waals surface area contributed by atoms with E-state index in [4.69, 9.17) is 0 Å². The van der Waals surface area contributed by atoms with E-state index in [9.17, 15) is 14.0 Å². The molecular weight excluding hydrogens is 403 g/mol. The molecule has 1 aliphatic carbocycles. The van der Waals surface area contributed by atoms with Crippen molar-refractivity contribution in [3.63, 3.8) is 0 Å². The summed E-state index contributed by atoms with van der Waals surface area (Å²) in [6.07, 6.45) is 3.66. The van der Waals surface area contributed by atoms with E-state index >= 15 is 0 Å². The molecule has 0 aliphatic heterocycles. The van der Waals surface area contributed by atoms with Gasteiger partial charge in [0.2, 0.25) is 0 Å². The Morgan fingerprint density at radius 1 is 1.12 bits per heavy atom. The van der Waals surface area contributed by atoms with Crippen molar-refractivity contribution in [2.24, 2.45) is 5.92 Å². The van der Waals surface area contributed by atoms with Gasteiger partial charge in [-0.2, -0.15) is 0 Å². The summed E-state index contributed by atoms with van der Waals surface area (Å²) in [7, 11) is 0. The summed E-state index contributed by atoms with van der Waals surface area (Å²) in [6.45, 7) is 5.59. The number of pyridine rings is 1. The quantitative estimate of drug-likeness (QED) is 0.565. The standard InChI is InChI=1S/C27H29FN2O2/c1-4-23-17(2)24(18(3)30(27(23)32)22-14-6-5-7-15-22)26(31)29-25(19-10-8-11-19)20-12-9-13-21(28)16-20/h5-7,9,12-16,19,25H,4,8,10-11H2,1-3H3,(H,29,31)/t25-/m0/s1. The Balaban J connectivity index is 1.80. The van der Waals surface area contributed by atoms with Crippen LogP contribution in [0.15, 0.2) is 59.4 Å². The average Bonchev–Trinajstić information content (AvgIpc) is 2.73. The van der Waals surface area contributed by atoms with Crippen molar-refractivity contribution in [1.82, 2.24) is 9.88 Å². The highest BCUT2D eigenvalue weighted by molar-refractivity contribution is 5.97. The first-order valence-corrected chi connectivity index (χ1v) is 11.3. The van der Waals surface area contributed by atoms with Gasteiger partial charge in [-0.15, -0.1) is 0 Å². The highest BCUT2D eigenvalue weighted by atomic mass is 19.1. The van der Waals surface area contributed by atoms with Crippen LogP contribution in [0.5, 0.6) is 0 Å². The first kappa shape index (κ1) is 22.0. The number of hydrogen-bond acceptors (Lipinski definition) is 2. The average molecular weight is 433 g/mol. The lowest BCUT2D eigenvalue weighted by molar-refractivity contribution is 0.0898. The maximum atomic E-state index is 13.9. The summed E-state index contributed by atoms with van der Waals surface area (Å²) >= 11 is 0. The fraction of sp³-hybridized carbons (Fsp3) is 0.333. The van der Waals surface area contributed by atoms with Crippen LogP contribution >= 0.6 is 0 Å². The molecule has 1 N–H and O–H groups in total. The maximum Gasteiger partial charge on any atom is 0.258 e. The third-order valence-corrected chi connectivity index (χ3v) is 6.70. The van der Waals surface area contributed by atoms with E-state index in [-0.39, 0.29) is 29.2 Å². The van der Waals surface area contributed by atoms with Crippen molar-refractivity contribution < 1.29 is 9.18 Å². The van der Waals surface area contributed by atoms with Crippen LogP contribution in [0.1, 0.15) is 65.0 Å². The van der Waals surface area contributed by atoms with E-state index in [1.807, 2.05) is 57.2 Å². The van der Waals surface area contributed by atoms with Gasteiger partial charge in [-0.3, -0.25) is 14.2 Å². The number of nitrogens with zero attached hydrogens (tertiary/aromatic N) is 1. The smallest absolute Gasteiger partial charge is 0.258 e. The van der Waals surface area contributed by atoms with Crippen LogP contribution in [0.3, 0.4) is 0 Å². The third-order valence-electron chi connectivity index (χ3n) is 6.70. The second-order valence-corrected chi connectivity index (χ2v) is 8.59. The summed E-state index contributed by atoms with van der Waals surface area (Å²) in [5, 5.41) is 3.19. The normalized spacial score (nSPS) is 14.6. The summed E-state index contributed by atoms with van der Waals surface area (Å²) in [6, 6.07) is 15.6. The van der Waals surface area contributed by atoms with Crippen LogP contribution < -0.4 is 10.9 Å². The molecule has 3 aromatic rings. The van der Waals surface area contributed by atoms with Crippen LogP contribution in [-0.2, 0) is 6.42 Å². The summed E-state index contributed by atoms with van der Waals surface area (Å²) in [5.74, 6) is -0.244. The zero-order valence-electron chi connectivity index (χ0n) is 18.8. The Hall–Kier alpha value is -3.21. The molecule has 1 aromatic heterocycles. The van der Waals surface area contributed by atoms with E-state index in [2.05, 4.69) is 5.32 Å². The van der Waals surface area contributed by atoms with Gasteiger partial charge < -0.3 is 5.32 Å². The molecule has 0 unspecified atom stereocenters. The number of aromatic nitrogens is 1.